The van der Waals surface area contributed by atoms with Crippen molar-refractivity contribution in [3.8, 4) is 0 Å². The Labute approximate surface area is 340 Å². The first-order chi connectivity index (χ1) is 27.3. The molecule has 9 nitrogen and oxygen atoms in total. The third-order valence-corrected chi connectivity index (χ3v) is 9.17. The number of hydrogen-bond acceptors (Lipinski definition) is 8. The maximum absolute atomic E-state index is 12.6. The van der Waals surface area contributed by atoms with Crippen LogP contribution >= 0.6 is 7.82 Å². The molecular weight excluding hydrogens is 725 g/mol. The van der Waals surface area contributed by atoms with Crippen molar-refractivity contribution in [1.82, 2.24) is 0 Å². The Bertz CT molecular complexity index is 1230. The third-order valence-electron chi connectivity index (χ3n) is 8.18. The van der Waals surface area contributed by atoms with E-state index in [-0.39, 0.29) is 32.6 Å². The van der Waals surface area contributed by atoms with Gasteiger partial charge in [-0.2, -0.15) is 0 Å². The Balaban J connectivity index is 4.23. The molecule has 0 aliphatic heterocycles. The topological polar surface area (TPSA) is 134 Å². The van der Waals surface area contributed by atoms with Crippen molar-refractivity contribution in [2.45, 2.75) is 155 Å². The molecule has 0 aromatic heterocycles. The molecule has 318 valence electrons. The Morgan fingerprint density at radius 1 is 0.554 bits per heavy atom. The molecule has 0 aliphatic rings. The summed E-state index contributed by atoms with van der Waals surface area (Å²) in [5.41, 5.74) is 5.33. The number of unbranched alkanes of at least 4 members (excludes halogenated alkanes) is 9. The van der Waals surface area contributed by atoms with Gasteiger partial charge in [0.2, 0.25) is 0 Å². The van der Waals surface area contributed by atoms with E-state index in [0.717, 1.165) is 103 Å². The van der Waals surface area contributed by atoms with Gasteiger partial charge in [0, 0.05) is 19.4 Å². The molecule has 0 saturated carbocycles. The van der Waals surface area contributed by atoms with Crippen LogP contribution in [0.4, 0.5) is 0 Å². The highest BCUT2D eigenvalue weighted by Gasteiger charge is 2.25. The normalized spacial score (nSPS) is 14.3. The van der Waals surface area contributed by atoms with Crippen LogP contribution in [-0.2, 0) is 32.7 Å². The van der Waals surface area contributed by atoms with Gasteiger partial charge in [-0.25, -0.2) is 4.57 Å². The summed E-state index contributed by atoms with van der Waals surface area (Å²) in [6, 6.07) is 0. The summed E-state index contributed by atoms with van der Waals surface area (Å²) in [5.74, 6) is -0.892. The fraction of sp³-hybridized carbons (Fsp3) is 0.609. The lowest BCUT2D eigenvalue weighted by atomic mass is 10.1. The molecule has 0 amide bonds. The molecule has 0 aliphatic carbocycles. The number of carbonyl (C=O) groups excluding carboxylic acids is 2. The molecule has 56 heavy (non-hydrogen) atoms. The highest BCUT2D eigenvalue weighted by Crippen LogP contribution is 2.43. The Morgan fingerprint density at radius 3 is 1.50 bits per heavy atom. The second-order valence-corrected chi connectivity index (χ2v) is 14.9. The standard InChI is InChI=1S/C46H76NO8P/c1-3-5-7-9-11-13-15-16-17-18-19-20-21-22-23-24-25-26-27-28-29-31-33-35-37-39-46(49)55-44(43-54-56(50,51)53-41-40-47)42-52-45(48)38-36-34-32-30-14-12-10-8-6-4-2/h5,7-8,10-11,13,16-17,19-20,22-23,25-26,28-29,44H,3-4,6,9,12,14-15,18,21,24,27,30-43,47H2,1-2H3,(H,50,51)/b7-5-,10-8-,13-11-,17-16-,20-19-,23-22-,26-25-,29-28-. The summed E-state index contributed by atoms with van der Waals surface area (Å²) >= 11 is 0. The molecule has 2 atom stereocenters. The quantitative estimate of drug-likeness (QED) is 0.0271. The minimum atomic E-state index is -4.39. The van der Waals surface area contributed by atoms with E-state index in [1.807, 2.05) is 0 Å². The molecule has 0 fully saturated rings. The SMILES string of the molecule is CC/C=C\C/C=C\C/C=C\C/C=C\C/C=C\C/C=C\C/C=C\CCCCCC(=O)OC(COC(=O)CCCCCCC/C=C\CCC)COP(=O)(O)OCCN. The van der Waals surface area contributed by atoms with Gasteiger partial charge in [0.1, 0.15) is 6.61 Å². The van der Waals surface area contributed by atoms with Gasteiger partial charge in [-0.1, -0.05) is 143 Å². The second kappa shape index (κ2) is 41.6. The van der Waals surface area contributed by atoms with E-state index >= 15 is 0 Å². The number of allylic oxidation sites excluding steroid dienone is 16. The summed E-state index contributed by atoms with van der Waals surface area (Å²) < 4.78 is 32.6. The van der Waals surface area contributed by atoms with Crippen molar-refractivity contribution in [2.24, 2.45) is 5.73 Å². The molecule has 0 rings (SSSR count). The first-order valence-electron chi connectivity index (χ1n) is 21.2. The molecule has 0 spiro atoms. The Hall–Kier alpha value is -3.07. The fourth-order valence-electron chi connectivity index (χ4n) is 5.08. The van der Waals surface area contributed by atoms with Crippen molar-refractivity contribution in [2.75, 3.05) is 26.4 Å². The van der Waals surface area contributed by atoms with Gasteiger partial charge in [-0.05, 0) is 89.9 Å². The zero-order valence-electron chi connectivity index (χ0n) is 34.8. The molecule has 0 radical (unpaired) electrons. The van der Waals surface area contributed by atoms with Gasteiger partial charge in [0.25, 0.3) is 0 Å². The van der Waals surface area contributed by atoms with E-state index in [9.17, 15) is 19.0 Å². The Morgan fingerprint density at radius 2 is 0.982 bits per heavy atom. The van der Waals surface area contributed by atoms with Crippen LogP contribution in [0.2, 0.25) is 0 Å². The molecule has 0 heterocycles. The number of phosphoric acid groups is 1. The summed E-state index contributed by atoms with van der Waals surface area (Å²) in [6.45, 7) is 3.47. The van der Waals surface area contributed by atoms with Crippen molar-refractivity contribution in [3.63, 3.8) is 0 Å². The zero-order valence-corrected chi connectivity index (χ0v) is 35.7. The molecule has 0 saturated heterocycles. The highest BCUT2D eigenvalue weighted by molar-refractivity contribution is 7.47. The van der Waals surface area contributed by atoms with E-state index in [1.54, 1.807) is 0 Å². The highest BCUT2D eigenvalue weighted by atomic mass is 31.2. The first kappa shape index (κ1) is 52.9. The number of rotatable bonds is 38. The van der Waals surface area contributed by atoms with Crippen LogP contribution in [0.1, 0.15) is 149 Å². The lowest BCUT2D eigenvalue weighted by Gasteiger charge is -2.19. The number of hydrogen-bond donors (Lipinski definition) is 2. The number of ether oxygens (including phenoxy) is 2. The maximum Gasteiger partial charge on any atom is 0.472 e. The number of phosphoric ester groups is 1. The van der Waals surface area contributed by atoms with Gasteiger partial charge >= 0.3 is 19.8 Å². The van der Waals surface area contributed by atoms with E-state index in [2.05, 4.69) is 111 Å². The molecular formula is C46H76NO8P. The van der Waals surface area contributed by atoms with Crippen LogP contribution < -0.4 is 5.73 Å². The number of carbonyl (C=O) groups is 2. The van der Waals surface area contributed by atoms with E-state index in [4.69, 9.17) is 24.3 Å². The predicted molar refractivity (Wildman–Crippen MR) is 233 cm³/mol. The minimum absolute atomic E-state index is 0.0409. The second-order valence-electron chi connectivity index (χ2n) is 13.5. The number of nitrogens with two attached hydrogens (primary N) is 1. The van der Waals surface area contributed by atoms with Crippen LogP contribution in [0.3, 0.4) is 0 Å². The summed E-state index contributed by atoms with van der Waals surface area (Å²) in [7, 11) is -4.39. The summed E-state index contributed by atoms with van der Waals surface area (Å²) in [5, 5.41) is 0. The molecule has 10 heteroatoms. The molecule has 0 aromatic rings. The third kappa shape index (κ3) is 40.6. The monoisotopic (exact) mass is 802 g/mol. The zero-order chi connectivity index (χ0) is 41.1. The molecule has 0 bridgehead atoms. The van der Waals surface area contributed by atoms with Crippen molar-refractivity contribution < 1.29 is 37.6 Å². The van der Waals surface area contributed by atoms with Crippen LogP contribution in [0.15, 0.2) is 97.2 Å². The van der Waals surface area contributed by atoms with E-state index < -0.39 is 32.5 Å². The van der Waals surface area contributed by atoms with Crippen molar-refractivity contribution in [3.05, 3.63) is 97.2 Å². The van der Waals surface area contributed by atoms with Crippen LogP contribution in [-0.4, -0.2) is 49.3 Å². The van der Waals surface area contributed by atoms with Gasteiger partial charge in [0.05, 0.1) is 13.2 Å². The summed E-state index contributed by atoms with van der Waals surface area (Å²) in [6.07, 6.45) is 53.1. The lowest BCUT2D eigenvalue weighted by molar-refractivity contribution is -0.161. The average Bonchev–Trinajstić information content (AvgIpc) is 3.18. The van der Waals surface area contributed by atoms with E-state index in [1.165, 1.54) is 6.42 Å². The fourth-order valence-corrected chi connectivity index (χ4v) is 5.85. The molecule has 2 unspecified atom stereocenters. The van der Waals surface area contributed by atoms with Crippen LogP contribution in [0, 0.1) is 0 Å². The predicted octanol–water partition coefficient (Wildman–Crippen LogP) is 12.2. The molecule has 3 N–H and O–H groups in total. The van der Waals surface area contributed by atoms with E-state index in [0.29, 0.717) is 12.8 Å². The van der Waals surface area contributed by atoms with Crippen LogP contribution in [0.25, 0.3) is 0 Å². The van der Waals surface area contributed by atoms with Crippen molar-refractivity contribution in [1.29, 1.82) is 0 Å². The Kier molecular flexibility index (Phi) is 39.3. The van der Waals surface area contributed by atoms with Gasteiger partial charge in [-0.15, -0.1) is 0 Å². The first-order valence-corrected chi connectivity index (χ1v) is 22.7. The maximum atomic E-state index is 12.6. The van der Waals surface area contributed by atoms with Gasteiger partial charge in [0.15, 0.2) is 6.10 Å². The van der Waals surface area contributed by atoms with Gasteiger partial charge < -0.3 is 20.1 Å². The minimum Gasteiger partial charge on any atom is -0.462 e. The average molecular weight is 802 g/mol. The van der Waals surface area contributed by atoms with Crippen LogP contribution in [0.5, 0.6) is 0 Å². The molecule has 0 aromatic carbocycles. The smallest absolute Gasteiger partial charge is 0.462 e. The summed E-state index contributed by atoms with van der Waals surface area (Å²) in [4.78, 5) is 34.7. The van der Waals surface area contributed by atoms with Crippen molar-refractivity contribution >= 4 is 19.8 Å². The number of esters is 2. The largest absolute Gasteiger partial charge is 0.472 e. The lowest BCUT2D eigenvalue weighted by Crippen LogP contribution is -2.29. The van der Waals surface area contributed by atoms with Gasteiger partial charge in [-0.3, -0.25) is 18.6 Å².